The van der Waals surface area contributed by atoms with Gasteiger partial charge in [-0.15, -0.1) is 0 Å². The minimum atomic E-state index is -0.0741. The molecule has 0 heterocycles. The average Bonchev–Trinajstić information content (AvgIpc) is 2.18. The first-order chi connectivity index (χ1) is 6.72. The van der Waals surface area contributed by atoms with Crippen molar-refractivity contribution in [3.8, 4) is 0 Å². The molecule has 3 heteroatoms. The molecule has 0 atom stereocenters. The van der Waals surface area contributed by atoms with Crippen LogP contribution in [0.5, 0.6) is 0 Å². The molecule has 1 saturated carbocycles. The van der Waals surface area contributed by atoms with E-state index < -0.39 is 0 Å². The number of ether oxygens (including phenoxy) is 1. The highest BCUT2D eigenvalue weighted by molar-refractivity contribution is 5.69. The zero-order valence-corrected chi connectivity index (χ0v) is 9.00. The zero-order chi connectivity index (χ0) is 10.4. The maximum absolute atomic E-state index is 11.3. The predicted octanol–water partition coefficient (Wildman–Crippen LogP) is 1.85. The quantitative estimate of drug-likeness (QED) is 0.703. The van der Waals surface area contributed by atoms with Gasteiger partial charge in [0.25, 0.3) is 0 Å². The van der Waals surface area contributed by atoms with Crippen LogP contribution in [0.4, 0.5) is 0 Å². The molecule has 3 nitrogen and oxygen atoms in total. The van der Waals surface area contributed by atoms with Crippen LogP contribution in [-0.4, -0.2) is 18.6 Å². The van der Waals surface area contributed by atoms with Crippen LogP contribution in [0.2, 0.25) is 0 Å². The van der Waals surface area contributed by atoms with E-state index in [9.17, 15) is 4.79 Å². The van der Waals surface area contributed by atoms with E-state index in [1.165, 1.54) is 12.8 Å². The monoisotopic (exact) mass is 199 g/mol. The molecule has 0 amide bonds. The smallest absolute Gasteiger partial charge is 0.306 e. The van der Waals surface area contributed by atoms with Gasteiger partial charge >= 0.3 is 5.97 Å². The summed E-state index contributed by atoms with van der Waals surface area (Å²) in [6, 6.07) is 0. The zero-order valence-electron chi connectivity index (χ0n) is 9.00. The van der Waals surface area contributed by atoms with Crippen LogP contribution in [0.25, 0.3) is 0 Å². The molecule has 1 aliphatic carbocycles. The molecular weight excluding hydrogens is 178 g/mol. The fraction of sp³-hybridized carbons (Fsp3) is 0.909. The highest BCUT2D eigenvalue weighted by Crippen LogP contribution is 2.25. The molecule has 0 spiro atoms. The third kappa shape index (κ3) is 4.09. The second-order valence-corrected chi connectivity index (χ2v) is 4.26. The van der Waals surface area contributed by atoms with Gasteiger partial charge in [0.2, 0.25) is 0 Å². The van der Waals surface area contributed by atoms with Gasteiger partial charge in [0.1, 0.15) is 6.10 Å². The number of rotatable bonds is 4. The fourth-order valence-corrected chi connectivity index (χ4v) is 1.84. The minimum absolute atomic E-state index is 0.0741. The highest BCUT2D eigenvalue weighted by atomic mass is 16.5. The van der Waals surface area contributed by atoms with Crippen molar-refractivity contribution in [1.82, 2.24) is 0 Å². The van der Waals surface area contributed by atoms with Gasteiger partial charge in [-0.2, -0.15) is 0 Å². The summed E-state index contributed by atoms with van der Waals surface area (Å²) in [5.74, 6) is 0.726. The maximum atomic E-state index is 11.3. The second kappa shape index (κ2) is 6.02. The number of carbonyl (C=O) groups is 1. The predicted molar refractivity (Wildman–Crippen MR) is 55.8 cm³/mol. The number of esters is 1. The van der Waals surface area contributed by atoms with Gasteiger partial charge in [0.05, 0.1) is 0 Å². The first-order valence-electron chi connectivity index (χ1n) is 5.62. The minimum Gasteiger partial charge on any atom is -0.462 e. The summed E-state index contributed by atoms with van der Waals surface area (Å²) in [4.78, 5) is 11.3. The van der Waals surface area contributed by atoms with E-state index in [1.807, 2.05) is 0 Å². The Balaban J connectivity index is 2.14. The Labute approximate surface area is 86.0 Å². The van der Waals surface area contributed by atoms with Crippen LogP contribution in [-0.2, 0) is 9.53 Å². The lowest BCUT2D eigenvalue weighted by atomic mass is 9.89. The van der Waals surface area contributed by atoms with E-state index in [4.69, 9.17) is 10.5 Å². The van der Waals surface area contributed by atoms with Crippen molar-refractivity contribution in [1.29, 1.82) is 0 Å². The van der Waals surface area contributed by atoms with Crippen LogP contribution >= 0.6 is 0 Å². The van der Waals surface area contributed by atoms with E-state index in [2.05, 4.69) is 6.92 Å². The molecule has 1 rings (SSSR count). The number of hydrogen-bond donors (Lipinski definition) is 1. The Hall–Kier alpha value is -0.570. The molecule has 82 valence electrons. The molecule has 0 bridgehead atoms. The Morgan fingerprint density at radius 3 is 2.57 bits per heavy atom. The summed E-state index contributed by atoms with van der Waals surface area (Å²) >= 11 is 0. The fourth-order valence-electron chi connectivity index (χ4n) is 1.84. The van der Waals surface area contributed by atoms with Crippen LogP contribution in [0.1, 0.15) is 45.4 Å². The van der Waals surface area contributed by atoms with E-state index in [0.717, 1.165) is 25.2 Å². The first-order valence-corrected chi connectivity index (χ1v) is 5.62. The van der Waals surface area contributed by atoms with Crippen molar-refractivity contribution in [2.75, 3.05) is 6.54 Å². The Morgan fingerprint density at radius 1 is 1.36 bits per heavy atom. The van der Waals surface area contributed by atoms with E-state index in [1.54, 1.807) is 0 Å². The van der Waals surface area contributed by atoms with Crippen LogP contribution in [0.15, 0.2) is 0 Å². The van der Waals surface area contributed by atoms with Gasteiger partial charge in [-0.05, 0) is 44.6 Å². The molecule has 0 aliphatic heterocycles. The van der Waals surface area contributed by atoms with Crippen molar-refractivity contribution in [3.05, 3.63) is 0 Å². The molecule has 1 fully saturated rings. The van der Waals surface area contributed by atoms with Crippen LogP contribution in [0, 0.1) is 5.92 Å². The van der Waals surface area contributed by atoms with Gasteiger partial charge in [-0.25, -0.2) is 0 Å². The van der Waals surface area contributed by atoms with Crippen LogP contribution in [0.3, 0.4) is 0 Å². The lowest BCUT2D eigenvalue weighted by Gasteiger charge is -2.25. The average molecular weight is 199 g/mol. The number of carbonyl (C=O) groups excluding carboxylic acids is 1. The van der Waals surface area contributed by atoms with Crippen molar-refractivity contribution in [2.45, 2.75) is 51.6 Å². The number of hydrogen-bond acceptors (Lipinski definition) is 3. The second-order valence-electron chi connectivity index (χ2n) is 4.26. The molecule has 0 aromatic rings. The van der Waals surface area contributed by atoms with Gasteiger partial charge in [0, 0.05) is 6.42 Å². The molecule has 0 saturated heterocycles. The molecule has 0 aromatic heterocycles. The largest absolute Gasteiger partial charge is 0.462 e. The molecule has 2 N–H and O–H groups in total. The van der Waals surface area contributed by atoms with Crippen molar-refractivity contribution >= 4 is 5.97 Å². The summed E-state index contributed by atoms with van der Waals surface area (Å²) in [6.07, 6.45) is 5.84. The van der Waals surface area contributed by atoms with Crippen molar-refractivity contribution < 1.29 is 9.53 Å². The van der Waals surface area contributed by atoms with E-state index in [0.29, 0.717) is 13.0 Å². The molecule has 14 heavy (non-hydrogen) atoms. The summed E-state index contributed by atoms with van der Waals surface area (Å²) in [5.41, 5.74) is 5.32. The Kier molecular flexibility index (Phi) is 4.94. The lowest BCUT2D eigenvalue weighted by molar-refractivity contribution is -0.151. The summed E-state index contributed by atoms with van der Waals surface area (Å²) in [5, 5.41) is 0. The Morgan fingerprint density at radius 2 is 2.00 bits per heavy atom. The van der Waals surface area contributed by atoms with E-state index >= 15 is 0 Å². The lowest BCUT2D eigenvalue weighted by Crippen LogP contribution is -2.23. The number of nitrogens with two attached hydrogens (primary N) is 1. The first kappa shape index (κ1) is 11.5. The summed E-state index contributed by atoms with van der Waals surface area (Å²) in [7, 11) is 0. The standard InChI is InChI=1S/C11H21NO2/c1-9-4-6-10(7-5-9)14-11(13)3-2-8-12/h9-10H,2-8,12H2,1H3. The molecule has 1 aliphatic rings. The summed E-state index contributed by atoms with van der Waals surface area (Å²) in [6.45, 7) is 2.82. The Bertz CT molecular complexity index is 174. The molecule has 0 radical (unpaired) electrons. The SMILES string of the molecule is CC1CCC(OC(=O)CCCN)CC1. The van der Waals surface area contributed by atoms with Gasteiger partial charge in [0.15, 0.2) is 0 Å². The molecule has 0 unspecified atom stereocenters. The topological polar surface area (TPSA) is 52.3 Å². The third-order valence-electron chi connectivity index (χ3n) is 2.85. The molecular formula is C11H21NO2. The van der Waals surface area contributed by atoms with Crippen LogP contribution < -0.4 is 5.73 Å². The summed E-state index contributed by atoms with van der Waals surface area (Å²) < 4.78 is 5.35. The molecule has 0 aromatic carbocycles. The maximum Gasteiger partial charge on any atom is 0.306 e. The van der Waals surface area contributed by atoms with Gasteiger partial charge in [-0.3, -0.25) is 4.79 Å². The third-order valence-corrected chi connectivity index (χ3v) is 2.85. The van der Waals surface area contributed by atoms with Gasteiger partial charge < -0.3 is 10.5 Å². The van der Waals surface area contributed by atoms with Gasteiger partial charge in [-0.1, -0.05) is 6.92 Å². The van der Waals surface area contributed by atoms with Crippen molar-refractivity contribution in [3.63, 3.8) is 0 Å². The normalized spacial score (nSPS) is 27.3. The highest BCUT2D eigenvalue weighted by Gasteiger charge is 2.20. The van der Waals surface area contributed by atoms with E-state index in [-0.39, 0.29) is 12.1 Å². The van der Waals surface area contributed by atoms with Crippen molar-refractivity contribution in [2.24, 2.45) is 11.7 Å².